The quantitative estimate of drug-likeness (QED) is 0.731. The molecule has 0 fully saturated rings. The van der Waals surface area contributed by atoms with E-state index in [9.17, 15) is 4.39 Å². The van der Waals surface area contributed by atoms with E-state index < -0.39 is 6.04 Å². The first-order valence-electron chi connectivity index (χ1n) is 5.58. The first-order valence-corrected chi connectivity index (χ1v) is 5.58. The fourth-order valence-corrected chi connectivity index (χ4v) is 2.31. The summed E-state index contributed by atoms with van der Waals surface area (Å²) in [5, 5.41) is 0. The van der Waals surface area contributed by atoms with Gasteiger partial charge in [0.1, 0.15) is 5.82 Å². The summed E-state index contributed by atoms with van der Waals surface area (Å²) in [7, 11) is 0. The molecule has 0 bridgehead atoms. The fraction of sp³-hybridized carbons (Fsp3) is 0.0667. The van der Waals surface area contributed by atoms with Gasteiger partial charge in [0.2, 0.25) is 0 Å². The van der Waals surface area contributed by atoms with Crippen molar-refractivity contribution < 1.29 is 4.39 Å². The monoisotopic (exact) mass is 225 g/mol. The number of rotatable bonds is 0. The predicted octanol–water partition coefficient (Wildman–Crippen LogP) is 3.36. The SMILES string of the molecule is NC1c2ccccc2C=Cc2cccc(F)c21. The average molecular weight is 225 g/mol. The lowest BCUT2D eigenvalue weighted by Crippen LogP contribution is -2.15. The van der Waals surface area contributed by atoms with Gasteiger partial charge in [-0.2, -0.15) is 0 Å². The van der Waals surface area contributed by atoms with Crippen molar-refractivity contribution in [3.63, 3.8) is 0 Å². The van der Waals surface area contributed by atoms with Crippen LogP contribution >= 0.6 is 0 Å². The lowest BCUT2D eigenvalue weighted by molar-refractivity contribution is 0.599. The molecule has 0 aromatic heterocycles. The zero-order chi connectivity index (χ0) is 11.8. The first kappa shape index (κ1) is 10.2. The molecule has 1 nitrogen and oxygen atoms in total. The summed E-state index contributed by atoms with van der Waals surface area (Å²) >= 11 is 0. The fourth-order valence-electron chi connectivity index (χ4n) is 2.31. The lowest BCUT2D eigenvalue weighted by Gasteiger charge is -2.15. The molecule has 3 rings (SSSR count). The molecule has 0 amide bonds. The van der Waals surface area contributed by atoms with Gasteiger partial charge in [0.15, 0.2) is 0 Å². The van der Waals surface area contributed by atoms with E-state index in [-0.39, 0.29) is 5.82 Å². The zero-order valence-electron chi connectivity index (χ0n) is 9.23. The van der Waals surface area contributed by atoms with Crippen molar-refractivity contribution >= 4 is 12.2 Å². The summed E-state index contributed by atoms with van der Waals surface area (Å²) in [5.74, 6) is -0.239. The van der Waals surface area contributed by atoms with Crippen LogP contribution in [-0.4, -0.2) is 0 Å². The maximum Gasteiger partial charge on any atom is 0.128 e. The maximum absolute atomic E-state index is 13.9. The van der Waals surface area contributed by atoms with Gasteiger partial charge >= 0.3 is 0 Å². The maximum atomic E-state index is 13.9. The van der Waals surface area contributed by atoms with Crippen LogP contribution in [0.25, 0.3) is 12.2 Å². The third-order valence-electron chi connectivity index (χ3n) is 3.17. The van der Waals surface area contributed by atoms with Crippen LogP contribution < -0.4 is 5.73 Å². The second-order valence-corrected chi connectivity index (χ2v) is 4.18. The minimum atomic E-state index is -0.405. The highest BCUT2D eigenvalue weighted by Crippen LogP contribution is 2.32. The Kier molecular flexibility index (Phi) is 2.30. The third kappa shape index (κ3) is 1.58. The van der Waals surface area contributed by atoms with Crippen LogP contribution in [0, 0.1) is 5.82 Å². The van der Waals surface area contributed by atoms with Gasteiger partial charge in [0, 0.05) is 5.56 Å². The molecule has 1 aliphatic rings. The molecule has 1 unspecified atom stereocenters. The molecule has 1 atom stereocenters. The van der Waals surface area contributed by atoms with Crippen molar-refractivity contribution in [1.29, 1.82) is 0 Å². The van der Waals surface area contributed by atoms with E-state index in [1.807, 2.05) is 42.5 Å². The van der Waals surface area contributed by atoms with Crippen LogP contribution in [0.4, 0.5) is 4.39 Å². The van der Waals surface area contributed by atoms with Crippen molar-refractivity contribution in [2.75, 3.05) is 0 Å². The summed E-state index contributed by atoms with van der Waals surface area (Å²) in [6.07, 6.45) is 3.91. The van der Waals surface area contributed by atoms with Crippen molar-refractivity contribution in [3.05, 3.63) is 70.5 Å². The summed E-state index contributed by atoms with van der Waals surface area (Å²) in [6, 6.07) is 12.5. The highest BCUT2D eigenvalue weighted by molar-refractivity contribution is 5.76. The molecule has 2 heteroatoms. The number of halogens is 1. The molecule has 84 valence electrons. The first-order chi connectivity index (χ1) is 8.27. The zero-order valence-corrected chi connectivity index (χ0v) is 9.23. The Morgan fingerprint density at radius 2 is 1.59 bits per heavy atom. The molecule has 0 saturated heterocycles. The molecule has 17 heavy (non-hydrogen) atoms. The van der Waals surface area contributed by atoms with Gasteiger partial charge in [-0.15, -0.1) is 0 Å². The number of hydrogen-bond acceptors (Lipinski definition) is 1. The Labute approximate surface area is 99.4 Å². The molecule has 0 aliphatic heterocycles. The van der Waals surface area contributed by atoms with Crippen LogP contribution in [0.5, 0.6) is 0 Å². The largest absolute Gasteiger partial charge is 0.320 e. The summed E-state index contributed by atoms with van der Waals surface area (Å²) in [6.45, 7) is 0. The second-order valence-electron chi connectivity index (χ2n) is 4.18. The van der Waals surface area contributed by atoms with Crippen LogP contribution in [0.1, 0.15) is 28.3 Å². The average Bonchev–Trinajstić information content (AvgIpc) is 2.49. The number of nitrogens with two attached hydrogens (primary N) is 1. The van der Waals surface area contributed by atoms with Gasteiger partial charge < -0.3 is 5.73 Å². The van der Waals surface area contributed by atoms with E-state index in [0.29, 0.717) is 5.56 Å². The Bertz CT molecular complexity index is 602. The Morgan fingerprint density at radius 3 is 2.47 bits per heavy atom. The van der Waals surface area contributed by atoms with Gasteiger partial charge in [-0.25, -0.2) is 4.39 Å². The summed E-state index contributed by atoms with van der Waals surface area (Å²) < 4.78 is 13.9. The topological polar surface area (TPSA) is 26.0 Å². The van der Waals surface area contributed by atoms with E-state index in [2.05, 4.69) is 0 Å². The highest BCUT2D eigenvalue weighted by Gasteiger charge is 2.20. The number of benzene rings is 2. The summed E-state index contributed by atoms with van der Waals surface area (Å²) in [4.78, 5) is 0. The van der Waals surface area contributed by atoms with Crippen LogP contribution in [0.15, 0.2) is 42.5 Å². The molecule has 0 spiro atoms. The minimum absolute atomic E-state index is 0.239. The Hall–Kier alpha value is -1.93. The molecular formula is C15H12FN. The van der Waals surface area contributed by atoms with E-state index in [0.717, 1.165) is 16.7 Å². The van der Waals surface area contributed by atoms with Crippen molar-refractivity contribution in [1.82, 2.24) is 0 Å². The minimum Gasteiger partial charge on any atom is -0.320 e. The van der Waals surface area contributed by atoms with Crippen LogP contribution in [0.2, 0.25) is 0 Å². The molecule has 0 radical (unpaired) electrons. The molecule has 1 aliphatic carbocycles. The van der Waals surface area contributed by atoms with Crippen LogP contribution in [0.3, 0.4) is 0 Å². The van der Waals surface area contributed by atoms with Crippen molar-refractivity contribution in [2.45, 2.75) is 6.04 Å². The molecule has 2 aromatic rings. The normalized spacial score (nSPS) is 17.2. The molecule has 0 saturated carbocycles. The molecule has 2 aromatic carbocycles. The molecular weight excluding hydrogens is 213 g/mol. The second kappa shape index (κ2) is 3.82. The highest BCUT2D eigenvalue weighted by atomic mass is 19.1. The van der Waals surface area contributed by atoms with Gasteiger partial charge in [0.05, 0.1) is 6.04 Å². The van der Waals surface area contributed by atoms with E-state index in [1.54, 1.807) is 6.07 Å². The molecule has 0 heterocycles. The van der Waals surface area contributed by atoms with Crippen LogP contribution in [-0.2, 0) is 0 Å². The van der Waals surface area contributed by atoms with E-state index >= 15 is 0 Å². The third-order valence-corrected chi connectivity index (χ3v) is 3.17. The number of fused-ring (bicyclic) bond motifs is 2. The van der Waals surface area contributed by atoms with Gasteiger partial charge in [0.25, 0.3) is 0 Å². The summed E-state index contributed by atoms with van der Waals surface area (Å²) in [5.41, 5.74) is 9.63. The van der Waals surface area contributed by atoms with Gasteiger partial charge in [-0.1, -0.05) is 48.6 Å². The number of hydrogen-bond donors (Lipinski definition) is 1. The van der Waals surface area contributed by atoms with E-state index in [4.69, 9.17) is 5.73 Å². The Balaban J connectivity index is 2.29. The Morgan fingerprint density at radius 1 is 0.882 bits per heavy atom. The molecule has 2 N–H and O–H groups in total. The standard InChI is InChI=1S/C15H12FN/c16-13-7-3-5-11-9-8-10-4-1-2-6-12(10)15(17)14(11)13/h1-9,15H,17H2. The smallest absolute Gasteiger partial charge is 0.128 e. The van der Waals surface area contributed by atoms with Crippen molar-refractivity contribution in [2.24, 2.45) is 5.73 Å². The lowest BCUT2D eigenvalue weighted by atomic mass is 9.94. The van der Waals surface area contributed by atoms with Gasteiger partial charge in [-0.3, -0.25) is 0 Å². The van der Waals surface area contributed by atoms with Gasteiger partial charge in [-0.05, 0) is 22.8 Å². The van der Waals surface area contributed by atoms with E-state index in [1.165, 1.54) is 6.07 Å². The van der Waals surface area contributed by atoms with Crippen molar-refractivity contribution in [3.8, 4) is 0 Å². The predicted molar refractivity (Wildman–Crippen MR) is 67.8 cm³/mol.